The number of non-ortho nitro benzene ring substituents is 1. The lowest BCUT2D eigenvalue weighted by molar-refractivity contribution is -0.384. The lowest BCUT2D eigenvalue weighted by Crippen LogP contribution is -2.19. The van der Waals surface area contributed by atoms with Gasteiger partial charge in [-0.2, -0.15) is 5.10 Å². The second-order valence-electron chi connectivity index (χ2n) is 6.80. The third kappa shape index (κ3) is 8.09. The Morgan fingerprint density at radius 3 is 2.48 bits per heavy atom. The third-order valence-electron chi connectivity index (χ3n) is 4.34. The molecule has 7 nitrogen and oxygen atoms in total. The Hall–Kier alpha value is -3.07. The van der Waals surface area contributed by atoms with E-state index in [0.717, 1.165) is 16.7 Å². The van der Waals surface area contributed by atoms with Crippen molar-refractivity contribution in [2.45, 2.75) is 12.4 Å². The van der Waals surface area contributed by atoms with Crippen molar-refractivity contribution in [3.63, 3.8) is 0 Å². The number of nitro groups is 1. The van der Waals surface area contributed by atoms with Crippen molar-refractivity contribution in [1.82, 2.24) is 5.43 Å². The highest BCUT2D eigenvalue weighted by atomic mass is 35.5. The highest BCUT2D eigenvalue weighted by molar-refractivity contribution is 7.99. The summed E-state index contributed by atoms with van der Waals surface area (Å²) in [6, 6.07) is 18.7. The van der Waals surface area contributed by atoms with Crippen molar-refractivity contribution < 1.29 is 14.5 Å². The van der Waals surface area contributed by atoms with Gasteiger partial charge in [-0.05, 0) is 47.5 Å². The highest BCUT2D eigenvalue weighted by Gasteiger charge is 2.06. The van der Waals surface area contributed by atoms with Gasteiger partial charge in [0.05, 0.1) is 16.9 Å². The molecule has 0 atom stereocenters. The molecule has 0 fully saturated rings. The minimum atomic E-state index is -0.444. The number of hydrogen-bond donors (Lipinski definition) is 1. The van der Waals surface area contributed by atoms with Crippen LogP contribution in [0.2, 0.25) is 10.0 Å². The number of halogens is 2. The summed E-state index contributed by atoms with van der Waals surface area (Å²) in [6.07, 6.45) is 1.54. The molecule has 0 aliphatic rings. The van der Waals surface area contributed by atoms with Crippen molar-refractivity contribution in [2.24, 2.45) is 5.10 Å². The van der Waals surface area contributed by atoms with Crippen LogP contribution in [-0.2, 0) is 17.2 Å². The molecule has 0 spiro atoms. The number of hydrazone groups is 1. The Morgan fingerprint density at radius 1 is 1.09 bits per heavy atom. The first-order chi connectivity index (χ1) is 15.9. The fraction of sp³-hybridized carbons (Fsp3) is 0.130. The summed E-state index contributed by atoms with van der Waals surface area (Å²) in [5, 5.41) is 15.7. The smallest absolute Gasteiger partial charge is 0.269 e. The number of nitrogens with zero attached hydrogens (tertiary/aromatic N) is 2. The molecule has 3 aromatic rings. The monoisotopic (exact) mass is 503 g/mol. The first kappa shape index (κ1) is 24.6. The van der Waals surface area contributed by atoms with Gasteiger partial charge in [-0.1, -0.05) is 41.4 Å². The largest absolute Gasteiger partial charge is 0.489 e. The normalized spacial score (nSPS) is 10.8. The maximum absolute atomic E-state index is 11.9. The van der Waals surface area contributed by atoms with Crippen molar-refractivity contribution in [1.29, 1.82) is 0 Å². The molecule has 1 N–H and O–H groups in total. The summed E-state index contributed by atoms with van der Waals surface area (Å²) in [6.45, 7) is 0.317. The predicted octanol–water partition coefficient (Wildman–Crippen LogP) is 5.86. The molecule has 0 heterocycles. The fourth-order valence-corrected chi connectivity index (χ4v) is 3.88. The van der Waals surface area contributed by atoms with E-state index in [0.29, 0.717) is 28.2 Å². The van der Waals surface area contributed by atoms with Gasteiger partial charge in [-0.15, -0.1) is 11.8 Å². The number of nitrogens with one attached hydrogen (secondary N) is 1. The van der Waals surface area contributed by atoms with Gasteiger partial charge in [-0.3, -0.25) is 14.9 Å². The number of rotatable bonds is 10. The van der Waals surface area contributed by atoms with Crippen LogP contribution in [0.5, 0.6) is 5.75 Å². The molecule has 0 saturated heterocycles. The van der Waals surface area contributed by atoms with Crippen molar-refractivity contribution in [3.8, 4) is 5.75 Å². The average Bonchev–Trinajstić information content (AvgIpc) is 2.80. The number of benzene rings is 3. The first-order valence-corrected chi connectivity index (χ1v) is 11.6. The van der Waals surface area contributed by atoms with Gasteiger partial charge in [0.2, 0.25) is 5.91 Å². The average molecular weight is 504 g/mol. The summed E-state index contributed by atoms with van der Waals surface area (Å²) in [5.41, 5.74) is 5.06. The van der Waals surface area contributed by atoms with Crippen molar-refractivity contribution in [3.05, 3.63) is 104 Å². The molecular weight excluding hydrogens is 485 g/mol. The fourth-order valence-electron chi connectivity index (χ4n) is 2.64. The minimum Gasteiger partial charge on any atom is -0.489 e. The van der Waals surface area contributed by atoms with E-state index in [-0.39, 0.29) is 17.3 Å². The minimum absolute atomic E-state index is 0.0429. The molecule has 0 aliphatic heterocycles. The van der Waals surface area contributed by atoms with Crippen molar-refractivity contribution in [2.75, 3.05) is 5.75 Å². The van der Waals surface area contributed by atoms with Gasteiger partial charge in [0.15, 0.2) is 0 Å². The van der Waals surface area contributed by atoms with E-state index in [4.69, 9.17) is 27.9 Å². The zero-order chi connectivity index (χ0) is 23.6. The van der Waals surface area contributed by atoms with Crippen LogP contribution < -0.4 is 10.2 Å². The molecule has 0 unspecified atom stereocenters. The Labute approximate surface area is 204 Å². The second kappa shape index (κ2) is 12.2. The molecule has 10 heteroatoms. The Morgan fingerprint density at radius 2 is 1.82 bits per heavy atom. The maximum atomic E-state index is 11.9. The van der Waals surface area contributed by atoms with Gasteiger partial charge >= 0.3 is 0 Å². The van der Waals surface area contributed by atoms with Gasteiger partial charge in [0, 0.05) is 33.5 Å². The number of ether oxygens (including phenoxy) is 1. The molecule has 0 saturated carbocycles. The number of thioether (sulfide) groups is 1. The van der Waals surface area contributed by atoms with E-state index in [1.54, 1.807) is 42.6 Å². The molecule has 3 rings (SSSR count). The predicted molar refractivity (Wildman–Crippen MR) is 132 cm³/mol. The molecule has 0 radical (unpaired) electrons. The lowest BCUT2D eigenvalue weighted by atomic mass is 10.2. The standard InChI is InChI=1S/C23H19Cl2N3O4S/c24-19-6-5-18(22(25)11-19)13-32-21-9-3-16(4-10-21)12-26-27-23(29)15-33-14-17-1-7-20(8-2-17)28(30)31/h1-12H,13-15H2,(H,27,29)/b26-12-. The molecule has 170 valence electrons. The van der Waals surface area contributed by atoms with Crippen LogP contribution in [0.3, 0.4) is 0 Å². The zero-order valence-electron chi connectivity index (χ0n) is 17.2. The first-order valence-electron chi connectivity index (χ1n) is 9.70. The van der Waals surface area contributed by atoms with Gasteiger partial charge in [0.25, 0.3) is 5.69 Å². The number of nitro benzene ring substituents is 1. The Bertz CT molecular complexity index is 1140. The van der Waals surface area contributed by atoms with Crippen LogP contribution in [0.25, 0.3) is 0 Å². The number of carbonyl (C=O) groups is 1. The van der Waals surface area contributed by atoms with Gasteiger partial charge < -0.3 is 4.74 Å². The van der Waals surface area contributed by atoms with E-state index in [1.165, 1.54) is 23.9 Å². The third-order valence-corrected chi connectivity index (χ3v) is 5.93. The summed E-state index contributed by atoms with van der Waals surface area (Å²) < 4.78 is 5.73. The zero-order valence-corrected chi connectivity index (χ0v) is 19.6. The van der Waals surface area contributed by atoms with Crippen LogP contribution in [0, 0.1) is 10.1 Å². The van der Waals surface area contributed by atoms with Crippen LogP contribution >= 0.6 is 35.0 Å². The van der Waals surface area contributed by atoms with E-state index >= 15 is 0 Å². The summed E-state index contributed by atoms with van der Waals surface area (Å²) in [7, 11) is 0. The van der Waals surface area contributed by atoms with E-state index < -0.39 is 4.92 Å². The number of amides is 1. The topological polar surface area (TPSA) is 93.8 Å². The SMILES string of the molecule is O=C(CSCc1ccc([N+](=O)[O-])cc1)N/N=C\c1ccc(OCc2ccc(Cl)cc2Cl)cc1. The Kier molecular flexibility index (Phi) is 9.12. The quantitative estimate of drug-likeness (QED) is 0.212. The lowest BCUT2D eigenvalue weighted by Gasteiger charge is -2.08. The second-order valence-corrected chi connectivity index (χ2v) is 8.63. The molecule has 0 aliphatic carbocycles. The number of carbonyl (C=O) groups excluding carboxylic acids is 1. The van der Waals surface area contributed by atoms with Crippen molar-refractivity contribution >= 4 is 52.8 Å². The molecule has 0 bridgehead atoms. The molecule has 1 amide bonds. The van der Waals surface area contributed by atoms with Crippen LogP contribution in [0.1, 0.15) is 16.7 Å². The molecular formula is C23H19Cl2N3O4S. The van der Waals surface area contributed by atoms with E-state index in [9.17, 15) is 14.9 Å². The molecule has 3 aromatic carbocycles. The van der Waals surface area contributed by atoms with Crippen LogP contribution in [0.15, 0.2) is 71.8 Å². The summed E-state index contributed by atoms with van der Waals surface area (Å²) >= 11 is 13.4. The van der Waals surface area contributed by atoms with E-state index in [1.807, 2.05) is 18.2 Å². The number of hydrogen-bond acceptors (Lipinski definition) is 6. The summed E-state index contributed by atoms with van der Waals surface area (Å²) in [5.74, 6) is 1.22. The van der Waals surface area contributed by atoms with Crippen LogP contribution in [0.4, 0.5) is 5.69 Å². The van der Waals surface area contributed by atoms with E-state index in [2.05, 4.69) is 10.5 Å². The Balaban J connectivity index is 1.38. The van der Waals surface area contributed by atoms with Gasteiger partial charge in [0.1, 0.15) is 12.4 Å². The highest BCUT2D eigenvalue weighted by Crippen LogP contribution is 2.23. The van der Waals surface area contributed by atoms with Gasteiger partial charge in [-0.25, -0.2) is 5.43 Å². The summed E-state index contributed by atoms with van der Waals surface area (Å²) in [4.78, 5) is 22.1. The van der Waals surface area contributed by atoms with Crippen LogP contribution in [-0.4, -0.2) is 22.8 Å². The maximum Gasteiger partial charge on any atom is 0.269 e. The molecule has 0 aromatic heterocycles. The molecule has 33 heavy (non-hydrogen) atoms.